The molecule has 0 aromatic heterocycles. The van der Waals surface area contributed by atoms with Gasteiger partial charge in [0, 0.05) is 6.42 Å². The first-order chi connectivity index (χ1) is 36.2. The van der Waals surface area contributed by atoms with E-state index in [0.29, 0.717) is 6.42 Å². The highest BCUT2D eigenvalue weighted by atomic mass is 16.3. The van der Waals surface area contributed by atoms with Crippen molar-refractivity contribution in [3.05, 3.63) is 24.3 Å². The van der Waals surface area contributed by atoms with E-state index in [1.165, 1.54) is 347 Å². The molecule has 0 heterocycles. The normalized spacial score (nSPS) is 12.8. The summed E-state index contributed by atoms with van der Waals surface area (Å²) in [7, 11) is 0. The first-order valence-corrected chi connectivity index (χ1v) is 34.1. The van der Waals surface area contributed by atoms with Crippen molar-refractivity contribution < 1.29 is 15.0 Å². The number of aliphatic hydroxyl groups excluding tert-OH is 2. The van der Waals surface area contributed by atoms with Crippen LogP contribution in [0.5, 0.6) is 0 Å². The lowest BCUT2D eigenvalue weighted by atomic mass is 10.0. The van der Waals surface area contributed by atoms with Crippen LogP contribution < -0.4 is 5.32 Å². The molecule has 0 aliphatic carbocycles. The fraction of sp³-hybridized carbons (Fsp3) is 0.928. The zero-order chi connectivity index (χ0) is 52.7. The van der Waals surface area contributed by atoms with E-state index in [0.717, 1.165) is 25.7 Å². The predicted molar refractivity (Wildman–Crippen MR) is 327 cm³/mol. The molecule has 3 N–H and O–H groups in total. The third kappa shape index (κ3) is 61.6. The van der Waals surface area contributed by atoms with Crippen LogP contribution in [0.1, 0.15) is 393 Å². The first kappa shape index (κ1) is 71.9. The summed E-state index contributed by atoms with van der Waals surface area (Å²) >= 11 is 0. The Balaban J connectivity index is 3.39. The van der Waals surface area contributed by atoms with Crippen molar-refractivity contribution in [2.45, 2.75) is 405 Å². The van der Waals surface area contributed by atoms with Crippen LogP contribution >= 0.6 is 0 Å². The summed E-state index contributed by atoms with van der Waals surface area (Å²) < 4.78 is 0. The predicted octanol–water partition coefficient (Wildman–Crippen LogP) is 23.0. The van der Waals surface area contributed by atoms with E-state index in [1.807, 2.05) is 6.08 Å². The lowest BCUT2D eigenvalue weighted by Crippen LogP contribution is -2.45. The molecular formula is C69H135NO3. The van der Waals surface area contributed by atoms with Gasteiger partial charge < -0.3 is 15.5 Å². The number of carbonyl (C=O) groups excluding carboxylic acids is 1. The van der Waals surface area contributed by atoms with Gasteiger partial charge in [-0.15, -0.1) is 0 Å². The maximum absolute atomic E-state index is 12.5. The Labute approximate surface area is 459 Å². The summed E-state index contributed by atoms with van der Waals surface area (Å²) in [6.45, 7) is 4.36. The Kier molecular flexibility index (Phi) is 64.1. The molecule has 4 nitrogen and oxygen atoms in total. The molecule has 73 heavy (non-hydrogen) atoms. The van der Waals surface area contributed by atoms with Crippen LogP contribution in [0.15, 0.2) is 24.3 Å². The number of amides is 1. The maximum Gasteiger partial charge on any atom is 0.220 e. The molecule has 0 aromatic rings. The second kappa shape index (κ2) is 65.2. The van der Waals surface area contributed by atoms with Crippen molar-refractivity contribution in [2.24, 2.45) is 0 Å². The smallest absolute Gasteiger partial charge is 0.220 e. The molecule has 2 unspecified atom stereocenters. The third-order valence-corrected chi connectivity index (χ3v) is 16.2. The summed E-state index contributed by atoms with van der Waals surface area (Å²) in [5, 5.41) is 23.3. The van der Waals surface area contributed by atoms with Crippen LogP contribution in [-0.4, -0.2) is 34.9 Å². The van der Waals surface area contributed by atoms with Gasteiger partial charge in [0.05, 0.1) is 18.8 Å². The number of rotatable bonds is 64. The Morgan fingerprint density at radius 1 is 0.315 bits per heavy atom. The van der Waals surface area contributed by atoms with Crippen LogP contribution in [0.2, 0.25) is 0 Å². The van der Waals surface area contributed by atoms with Gasteiger partial charge in [-0.2, -0.15) is 0 Å². The van der Waals surface area contributed by atoms with Gasteiger partial charge in [-0.05, 0) is 44.9 Å². The van der Waals surface area contributed by atoms with Crippen LogP contribution in [0.25, 0.3) is 0 Å². The molecule has 0 saturated heterocycles. The van der Waals surface area contributed by atoms with Gasteiger partial charge in [-0.1, -0.05) is 366 Å². The fourth-order valence-electron chi connectivity index (χ4n) is 11.0. The van der Waals surface area contributed by atoms with Crippen molar-refractivity contribution in [3.63, 3.8) is 0 Å². The van der Waals surface area contributed by atoms with Crippen LogP contribution in [-0.2, 0) is 4.79 Å². The third-order valence-electron chi connectivity index (χ3n) is 16.2. The molecule has 0 aliphatic heterocycles. The van der Waals surface area contributed by atoms with Crippen LogP contribution in [0, 0.1) is 0 Å². The fourth-order valence-corrected chi connectivity index (χ4v) is 11.0. The Morgan fingerprint density at radius 3 is 0.753 bits per heavy atom. The van der Waals surface area contributed by atoms with E-state index in [9.17, 15) is 15.0 Å². The highest BCUT2D eigenvalue weighted by Crippen LogP contribution is 2.19. The monoisotopic (exact) mass is 1030 g/mol. The van der Waals surface area contributed by atoms with Gasteiger partial charge in [0.2, 0.25) is 5.91 Å². The van der Waals surface area contributed by atoms with E-state index in [1.54, 1.807) is 6.08 Å². The van der Waals surface area contributed by atoms with Crippen molar-refractivity contribution in [3.8, 4) is 0 Å². The first-order valence-electron chi connectivity index (χ1n) is 34.1. The van der Waals surface area contributed by atoms with Gasteiger partial charge in [0.1, 0.15) is 0 Å². The van der Waals surface area contributed by atoms with Gasteiger partial charge >= 0.3 is 0 Å². The minimum absolute atomic E-state index is 0.0545. The van der Waals surface area contributed by atoms with Gasteiger partial charge in [-0.25, -0.2) is 0 Å². The average Bonchev–Trinajstić information content (AvgIpc) is 3.40. The second-order valence-electron chi connectivity index (χ2n) is 23.6. The number of aliphatic hydroxyl groups is 2. The molecule has 0 fully saturated rings. The van der Waals surface area contributed by atoms with E-state index in [4.69, 9.17) is 0 Å². The van der Waals surface area contributed by atoms with Crippen molar-refractivity contribution >= 4 is 5.91 Å². The molecular weight excluding hydrogens is 891 g/mol. The van der Waals surface area contributed by atoms with Crippen molar-refractivity contribution in [1.82, 2.24) is 5.32 Å². The minimum atomic E-state index is -0.838. The number of unbranched alkanes of at least 4 members (excludes halogenated alkanes) is 55. The van der Waals surface area contributed by atoms with E-state index < -0.39 is 12.1 Å². The summed E-state index contributed by atoms with van der Waals surface area (Å²) in [5.74, 6) is -0.0545. The zero-order valence-electron chi connectivity index (χ0n) is 50.2. The summed E-state index contributed by atoms with van der Waals surface area (Å²) in [6.07, 6.45) is 88.4. The van der Waals surface area contributed by atoms with Gasteiger partial charge in [-0.3, -0.25) is 4.79 Å². The molecule has 0 rings (SSSR count). The molecule has 0 spiro atoms. The molecule has 2 atom stereocenters. The Bertz CT molecular complexity index is 1070. The zero-order valence-corrected chi connectivity index (χ0v) is 50.2. The van der Waals surface area contributed by atoms with Gasteiger partial charge in [0.15, 0.2) is 0 Å². The molecule has 0 aromatic carbocycles. The summed E-state index contributed by atoms with van der Waals surface area (Å²) in [6, 6.07) is -0.620. The van der Waals surface area contributed by atoms with E-state index in [-0.39, 0.29) is 12.5 Å². The van der Waals surface area contributed by atoms with Crippen LogP contribution in [0.3, 0.4) is 0 Å². The lowest BCUT2D eigenvalue weighted by molar-refractivity contribution is -0.123. The number of hydrogen-bond acceptors (Lipinski definition) is 3. The standard InChI is InChI=1S/C69H135NO3/c1-3-5-7-9-11-13-15-17-19-21-23-25-27-29-30-31-32-33-34-35-36-37-38-39-40-41-43-45-47-49-51-53-55-57-59-61-63-65-69(73)70-67(66-71)68(72)64-62-60-58-56-54-52-50-48-46-44-42-28-26-24-22-20-18-16-14-12-10-8-6-4-2/h21,23,62,64,67-68,71-72H,3-20,22,24-61,63,65-66H2,1-2H3,(H,70,73)/b23-21-,64-62+. The number of allylic oxidation sites excluding steroid dienone is 3. The topological polar surface area (TPSA) is 69.6 Å². The number of hydrogen-bond donors (Lipinski definition) is 3. The van der Waals surface area contributed by atoms with Crippen molar-refractivity contribution in [2.75, 3.05) is 6.61 Å². The lowest BCUT2D eigenvalue weighted by Gasteiger charge is -2.20. The summed E-state index contributed by atoms with van der Waals surface area (Å²) in [4.78, 5) is 12.5. The maximum atomic E-state index is 12.5. The summed E-state index contributed by atoms with van der Waals surface area (Å²) in [5.41, 5.74) is 0. The molecule has 0 saturated carbocycles. The highest BCUT2D eigenvalue weighted by Gasteiger charge is 2.18. The molecule has 0 radical (unpaired) electrons. The molecule has 0 aliphatic rings. The molecule has 0 bridgehead atoms. The average molecular weight is 1030 g/mol. The van der Waals surface area contributed by atoms with E-state index >= 15 is 0 Å². The number of nitrogens with one attached hydrogen (secondary N) is 1. The largest absolute Gasteiger partial charge is 0.394 e. The highest BCUT2D eigenvalue weighted by molar-refractivity contribution is 5.76. The number of carbonyl (C=O) groups is 1. The quantitative estimate of drug-likeness (QED) is 0.0420. The Morgan fingerprint density at radius 2 is 0.521 bits per heavy atom. The second-order valence-corrected chi connectivity index (χ2v) is 23.6. The van der Waals surface area contributed by atoms with E-state index in [2.05, 4.69) is 31.3 Å². The van der Waals surface area contributed by atoms with Crippen molar-refractivity contribution in [1.29, 1.82) is 0 Å². The van der Waals surface area contributed by atoms with Crippen LogP contribution in [0.4, 0.5) is 0 Å². The minimum Gasteiger partial charge on any atom is -0.394 e. The van der Waals surface area contributed by atoms with Gasteiger partial charge in [0.25, 0.3) is 0 Å². The molecule has 4 heteroatoms. The Hall–Kier alpha value is -1.13. The molecule has 434 valence electrons. The molecule has 1 amide bonds. The SMILES string of the molecule is CCCCCCCCCC/C=C\CCCCCCCCCCCCCCCCCCCCCCCCCCCC(=O)NC(CO)C(O)/C=C/CCCCCCCCCCCCCCCCCCCCCCCC.